The fourth-order valence-corrected chi connectivity index (χ4v) is 3.18. The van der Waals surface area contributed by atoms with E-state index < -0.39 is 5.97 Å². The second kappa shape index (κ2) is 6.60. The van der Waals surface area contributed by atoms with Crippen molar-refractivity contribution < 1.29 is 9.90 Å². The summed E-state index contributed by atoms with van der Waals surface area (Å²) in [4.78, 5) is 23.1. The topological polar surface area (TPSA) is 69.6 Å². The summed E-state index contributed by atoms with van der Waals surface area (Å²) in [5, 5.41) is 10.1. The van der Waals surface area contributed by atoms with Gasteiger partial charge in [-0.3, -0.25) is 0 Å². The lowest BCUT2D eigenvalue weighted by atomic mass is 10.2. The summed E-state index contributed by atoms with van der Waals surface area (Å²) in [6.45, 7) is 2.93. The minimum Gasteiger partial charge on any atom is -0.476 e. The third-order valence-corrected chi connectivity index (χ3v) is 4.32. The Morgan fingerprint density at radius 3 is 2.13 bits per heavy atom. The normalized spacial score (nSPS) is 14.9. The Morgan fingerprint density at radius 2 is 1.61 bits per heavy atom. The van der Waals surface area contributed by atoms with Gasteiger partial charge in [0.05, 0.1) is 28.1 Å². The van der Waals surface area contributed by atoms with E-state index in [1.54, 1.807) is 0 Å². The van der Waals surface area contributed by atoms with Crippen molar-refractivity contribution in [1.29, 1.82) is 0 Å². The Kier molecular flexibility index (Phi) is 4.54. The largest absolute Gasteiger partial charge is 0.476 e. The SMILES string of the molecule is O=C(O)c1cnc(N2CCN(c3c(Cl)cccc3Cl)CC2)cn1. The lowest BCUT2D eigenvalue weighted by Crippen LogP contribution is -2.47. The van der Waals surface area contributed by atoms with E-state index in [1.807, 2.05) is 18.2 Å². The summed E-state index contributed by atoms with van der Waals surface area (Å²) in [6.07, 6.45) is 2.76. The van der Waals surface area contributed by atoms with E-state index in [9.17, 15) is 4.79 Å². The van der Waals surface area contributed by atoms with E-state index >= 15 is 0 Å². The summed E-state index contributed by atoms with van der Waals surface area (Å²) in [7, 11) is 0. The molecule has 2 heterocycles. The highest BCUT2D eigenvalue weighted by molar-refractivity contribution is 6.39. The Hall–Kier alpha value is -2.05. The molecule has 1 aromatic heterocycles. The van der Waals surface area contributed by atoms with Crippen LogP contribution in [0.2, 0.25) is 10.0 Å². The van der Waals surface area contributed by atoms with Crippen LogP contribution in [0.15, 0.2) is 30.6 Å². The van der Waals surface area contributed by atoms with Gasteiger partial charge >= 0.3 is 5.97 Å². The molecule has 0 aliphatic carbocycles. The molecule has 0 radical (unpaired) electrons. The molecule has 0 unspecified atom stereocenters. The molecule has 1 aliphatic rings. The van der Waals surface area contributed by atoms with Gasteiger partial charge in [0, 0.05) is 26.2 Å². The number of hydrogen-bond acceptors (Lipinski definition) is 5. The number of rotatable bonds is 3. The number of piperazine rings is 1. The Balaban J connectivity index is 1.70. The Labute approximate surface area is 143 Å². The Morgan fingerprint density at radius 1 is 1.00 bits per heavy atom. The predicted octanol–water partition coefficient (Wildman–Crippen LogP) is 2.81. The van der Waals surface area contributed by atoms with Gasteiger partial charge in [-0.05, 0) is 12.1 Å². The highest BCUT2D eigenvalue weighted by Crippen LogP contribution is 2.34. The molecule has 1 N–H and O–H groups in total. The van der Waals surface area contributed by atoms with E-state index in [-0.39, 0.29) is 5.69 Å². The number of para-hydroxylation sites is 1. The van der Waals surface area contributed by atoms with Gasteiger partial charge < -0.3 is 14.9 Å². The third-order valence-electron chi connectivity index (χ3n) is 3.71. The van der Waals surface area contributed by atoms with Gasteiger partial charge in [0.25, 0.3) is 0 Å². The minimum atomic E-state index is -1.08. The van der Waals surface area contributed by atoms with Crippen LogP contribution in [-0.2, 0) is 0 Å². The number of carboxylic acids is 1. The summed E-state index contributed by atoms with van der Waals surface area (Å²) in [5.74, 6) is -0.415. The van der Waals surface area contributed by atoms with Crippen LogP contribution in [0.1, 0.15) is 10.5 Å². The van der Waals surface area contributed by atoms with Crippen LogP contribution in [0.5, 0.6) is 0 Å². The van der Waals surface area contributed by atoms with E-state index in [0.29, 0.717) is 15.9 Å². The fraction of sp³-hybridized carbons (Fsp3) is 0.267. The van der Waals surface area contributed by atoms with Crippen LogP contribution in [0.25, 0.3) is 0 Å². The molecular weight excluding hydrogens is 339 g/mol. The number of halogens is 2. The molecule has 2 aromatic rings. The van der Waals surface area contributed by atoms with Gasteiger partial charge in [-0.15, -0.1) is 0 Å². The van der Waals surface area contributed by atoms with Crippen LogP contribution in [0, 0.1) is 0 Å². The predicted molar refractivity (Wildman–Crippen MR) is 89.9 cm³/mol. The van der Waals surface area contributed by atoms with Gasteiger partial charge in [0.15, 0.2) is 5.69 Å². The standard InChI is InChI=1S/C15H14Cl2N4O2/c16-10-2-1-3-11(17)14(10)21-6-4-20(5-7-21)13-9-18-12(8-19-13)15(22)23/h1-3,8-9H,4-7H2,(H,22,23). The third kappa shape index (κ3) is 3.33. The fourth-order valence-electron chi connectivity index (χ4n) is 2.55. The summed E-state index contributed by atoms with van der Waals surface area (Å²) >= 11 is 12.5. The van der Waals surface area contributed by atoms with Crippen molar-refractivity contribution in [3.63, 3.8) is 0 Å². The zero-order valence-corrected chi connectivity index (χ0v) is 13.6. The number of aromatic carboxylic acids is 1. The number of carboxylic acid groups (broad SMARTS) is 1. The average molecular weight is 353 g/mol. The van der Waals surface area contributed by atoms with Crippen LogP contribution in [0.4, 0.5) is 11.5 Å². The van der Waals surface area contributed by atoms with Crippen molar-refractivity contribution >= 4 is 40.7 Å². The molecule has 0 saturated carbocycles. The number of carbonyl (C=O) groups is 1. The van der Waals surface area contributed by atoms with Crippen molar-refractivity contribution in [2.75, 3.05) is 36.0 Å². The second-order valence-corrected chi connectivity index (χ2v) is 5.92. The average Bonchev–Trinajstić information content (AvgIpc) is 2.55. The van der Waals surface area contributed by atoms with E-state index in [0.717, 1.165) is 31.9 Å². The number of hydrogen-bond donors (Lipinski definition) is 1. The van der Waals surface area contributed by atoms with Gasteiger partial charge in [-0.25, -0.2) is 14.8 Å². The monoisotopic (exact) mass is 352 g/mol. The summed E-state index contributed by atoms with van der Waals surface area (Å²) < 4.78 is 0. The zero-order valence-electron chi connectivity index (χ0n) is 12.1. The summed E-state index contributed by atoms with van der Waals surface area (Å²) in [6, 6.07) is 5.47. The molecule has 0 bridgehead atoms. The lowest BCUT2D eigenvalue weighted by molar-refractivity contribution is 0.0690. The Bertz CT molecular complexity index is 696. The van der Waals surface area contributed by atoms with Crippen LogP contribution < -0.4 is 9.80 Å². The van der Waals surface area contributed by atoms with E-state index in [2.05, 4.69) is 19.8 Å². The molecule has 1 fully saturated rings. The summed E-state index contributed by atoms with van der Waals surface area (Å²) in [5.41, 5.74) is 0.790. The maximum atomic E-state index is 10.8. The van der Waals surface area contributed by atoms with Crippen molar-refractivity contribution in [3.8, 4) is 0 Å². The van der Waals surface area contributed by atoms with Crippen molar-refractivity contribution in [2.45, 2.75) is 0 Å². The first-order chi connectivity index (χ1) is 11.1. The van der Waals surface area contributed by atoms with Crippen molar-refractivity contribution in [3.05, 3.63) is 46.3 Å². The highest BCUT2D eigenvalue weighted by Gasteiger charge is 2.22. The number of anilines is 2. The molecule has 6 nitrogen and oxygen atoms in total. The van der Waals surface area contributed by atoms with Gasteiger partial charge in [-0.2, -0.15) is 0 Å². The van der Waals surface area contributed by atoms with Crippen molar-refractivity contribution in [1.82, 2.24) is 9.97 Å². The molecule has 1 saturated heterocycles. The van der Waals surface area contributed by atoms with Crippen LogP contribution in [-0.4, -0.2) is 47.2 Å². The first-order valence-corrected chi connectivity index (χ1v) is 7.81. The molecule has 120 valence electrons. The second-order valence-electron chi connectivity index (χ2n) is 5.11. The first kappa shape index (κ1) is 15.8. The maximum Gasteiger partial charge on any atom is 0.356 e. The molecule has 0 atom stereocenters. The van der Waals surface area contributed by atoms with Crippen LogP contribution in [0.3, 0.4) is 0 Å². The molecule has 3 rings (SSSR count). The molecule has 23 heavy (non-hydrogen) atoms. The van der Waals surface area contributed by atoms with Gasteiger partial charge in [-0.1, -0.05) is 29.3 Å². The molecule has 0 amide bonds. The lowest BCUT2D eigenvalue weighted by Gasteiger charge is -2.37. The molecule has 1 aliphatic heterocycles. The highest BCUT2D eigenvalue weighted by atomic mass is 35.5. The van der Waals surface area contributed by atoms with E-state index in [4.69, 9.17) is 28.3 Å². The molecule has 0 spiro atoms. The molecular formula is C15H14Cl2N4O2. The number of benzene rings is 1. The first-order valence-electron chi connectivity index (χ1n) is 7.05. The quantitative estimate of drug-likeness (QED) is 0.915. The van der Waals surface area contributed by atoms with Gasteiger partial charge in [0.1, 0.15) is 5.82 Å². The van der Waals surface area contributed by atoms with E-state index in [1.165, 1.54) is 12.4 Å². The number of nitrogens with zero attached hydrogens (tertiary/aromatic N) is 4. The number of aromatic nitrogens is 2. The zero-order chi connectivity index (χ0) is 16.4. The van der Waals surface area contributed by atoms with Crippen molar-refractivity contribution in [2.24, 2.45) is 0 Å². The maximum absolute atomic E-state index is 10.8. The molecule has 8 heteroatoms. The molecule has 1 aromatic carbocycles. The van der Waals surface area contributed by atoms with Crippen LogP contribution >= 0.6 is 23.2 Å². The minimum absolute atomic E-state index is 0.0600. The smallest absolute Gasteiger partial charge is 0.356 e. The van der Waals surface area contributed by atoms with Gasteiger partial charge in [0.2, 0.25) is 0 Å².